The van der Waals surface area contributed by atoms with Gasteiger partial charge in [0, 0.05) is 36.6 Å². The number of nitrogens with zero attached hydrogens (tertiary/aromatic N) is 2. The van der Waals surface area contributed by atoms with Crippen molar-refractivity contribution in [2.75, 3.05) is 36.8 Å². The molecule has 154 valence electrons. The summed E-state index contributed by atoms with van der Waals surface area (Å²) in [7, 11) is 0. The molecule has 0 unspecified atom stereocenters. The Hall–Kier alpha value is -3.15. The normalized spacial score (nSPS) is 12.3. The van der Waals surface area contributed by atoms with Crippen LogP contribution >= 0.6 is 0 Å². The van der Waals surface area contributed by atoms with Crippen molar-refractivity contribution in [3.05, 3.63) is 59.7 Å². The van der Waals surface area contributed by atoms with Gasteiger partial charge in [-0.3, -0.25) is 9.98 Å². The summed E-state index contributed by atoms with van der Waals surface area (Å²) in [5.74, 6) is 1.61. The van der Waals surface area contributed by atoms with Gasteiger partial charge >= 0.3 is 5.84 Å². The van der Waals surface area contributed by atoms with Crippen LogP contribution in [0.5, 0.6) is 0 Å². The van der Waals surface area contributed by atoms with Gasteiger partial charge in [0.15, 0.2) is 0 Å². The predicted octanol–water partition coefficient (Wildman–Crippen LogP) is 2.48. The van der Waals surface area contributed by atoms with E-state index in [-0.39, 0.29) is 0 Å². The van der Waals surface area contributed by atoms with Crippen LogP contribution in [0.25, 0.3) is 0 Å². The van der Waals surface area contributed by atoms with E-state index in [1.807, 2.05) is 31.2 Å². The minimum Gasteiger partial charge on any atom is -0.385 e. The summed E-state index contributed by atoms with van der Waals surface area (Å²) in [6, 6.07) is 16.3. The molecule has 0 radical (unpaired) electrons. The topological polar surface area (TPSA) is 74.8 Å². The van der Waals surface area contributed by atoms with Crippen molar-refractivity contribution in [3.8, 4) is 0 Å². The lowest BCUT2D eigenvalue weighted by Gasteiger charge is -2.12. The Balaban J connectivity index is 2.28. The molecule has 0 atom stereocenters. The van der Waals surface area contributed by atoms with Gasteiger partial charge < -0.3 is 16.0 Å². The fraction of sp³-hybridized carbons (Fsp3) is 0.348. The third kappa shape index (κ3) is 6.45. The Kier molecular flexibility index (Phi) is 9.42. The number of hydrogen-bond donors (Lipinski definition) is 4. The molecule has 0 bridgehead atoms. The molecular formula is C23H33N6+. The van der Waals surface area contributed by atoms with Gasteiger partial charge in [0.2, 0.25) is 6.34 Å². The maximum absolute atomic E-state index is 4.68. The van der Waals surface area contributed by atoms with Crippen molar-refractivity contribution in [1.29, 1.82) is 0 Å². The van der Waals surface area contributed by atoms with Crippen molar-refractivity contribution in [1.82, 2.24) is 5.32 Å². The molecule has 0 aliphatic rings. The van der Waals surface area contributed by atoms with Crippen molar-refractivity contribution >= 4 is 29.4 Å². The van der Waals surface area contributed by atoms with Gasteiger partial charge in [-0.1, -0.05) is 24.3 Å². The molecule has 6 nitrogen and oxygen atoms in total. The summed E-state index contributed by atoms with van der Waals surface area (Å²) >= 11 is 0. The third-order valence-corrected chi connectivity index (χ3v) is 4.15. The first-order valence-electron chi connectivity index (χ1n) is 10.4. The van der Waals surface area contributed by atoms with Crippen molar-refractivity contribution < 1.29 is 4.99 Å². The molecule has 2 aromatic rings. The summed E-state index contributed by atoms with van der Waals surface area (Å²) < 4.78 is 0. The highest BCUT2D eigenvalue weighted by atomic mass is 15.1. The zero-order chi connectivity index (χ0) is 20.9. The van der Waals surface area contributed by atoms with E-state index in [1.165, 1.54) is 0 Å². The summed E-state index contributed by atoms with van der Waals surface area (Å²) in [6.07, 6.45) is 1.71. The number of hydrogen-bond acceptors (Lipinski definition) is 3. The van der Waals surface area contributed by atoms with Gasteiger partial charge in [-0.2, -0.15) is 0 Å². The first-order valence-corrected chi connectivity index (χ1v) is 10.4. The minimum absolute atomic E-state index is 0.684. The molecule has 2 aromatic carbocycles. The lowest BCUT2D eigenvalue weighted by molar-refractivity contribution is -0.452. The van der Waals surface area contributed by atoms with Gasteiger partial charge in [0.25, 0.3) is 0 Å². The molecule has 0 saturated carbocycles. The van der Waals surface area contributed by atoms with E-state index in [9.17, 15) is 0 Å². The second-order valence-electron chi connectivity index (χ2n) is 6.26. The molecule has 6 heteroatoms. The van der Waals surface area contributed by atoms with E-state index in [1.54, 1.807) is 6.34 Å². The van der Waals surface area contributed by atoms with Gasteiger partial charge in [-0.15, -0.1) is 0 Å². The molecule has 29 heavy (non-hydrogen) atoms. The largest absolute Gasteiger partial charge is 0.385 e. The molecule has 0 heterocycles. The highest BCUT2D eigenvalue weighted by molar-refractivity contribution is 6.10. The molecule has 0 aliphatic carbocycles. The van der Waals surface area contributed by atoms with Crippen LogP contribution < -0.4 is 20.9 Å². The maximum Gasteiger partial charge on any atom is 0.327 e. The van der Waals surface area contributed by atoms with Crippen LogP contribution in [-0.4, -0.2) is 44.2 Å². The van der Waals surface area contributed by atoms with E-state index in [4.69, 9.17) is 0 Å². The van der Waals surface area contributed by atoms with Gasteiger partial charge in [-0.05, 0) is 57.0 Å². The quantitative estimate of drug-likeness (QED) is 0.391. The number of anilines is 2. The van der Waals surface area contributed by atoms with Gasteiger partial charge in [0.05, 0.1) is 12.1 Å². The van der Waals surface area contributed by atoms with Crippen molar-refractivity contribution in [2.24, 2.45) is 9.98 Å². The highest BCUT2D eigenvalue weighted by Crippen LogP contribution is 2.16. The molecule has 4 N–H and O–H groups in total. The molecule has 0 spiro atoms. The Labute approximate surface area is 174 Å². The zero-order valence-electron chi connectivity index (χ0n) is 17.9. The second-order valence-corrected chi connectivity index (χ2v) is 6.26. The summed E-state index contributed by atoms with van der Waals surface area (Å²) in [5.41, 5.74) is 4.18. The second kappa shape index (κ2) is 12.3. The first kappa shape index (κ1) is 22.1. The Morgan fingerprint density at radius 3 is 2.03 bits per heavy atom. The molecular weight excluding hydrogens is 360 g/mol. The lowest BCUT2D eigenvalue weighted by atomic mass is 10.1. The van der Waals surface area contributed by atoms with E-state index >= 15 is 0 Å². The van der Waals surface area contributed by atoms with Gasteiger partial charge in [0.1, 0.15) is 5.84 Å². The summed E-state index contributed by atoms with van der Waals surface area (Å²) in [4.78, 5) is 12.7. The lowest BCUT2D eigenvalue weighted by Crippen LogP contribution is -2.72. The Morgan fingerprint density at radius 1 is 0.862 bits per heavy atom. The van der Waals surface area contributed by atoms with E-state index in [0.29, 0.717) is 6.54 Å². The molecule has 0 amide bonds. The zero-order valence-corrected chi connectivity index (χ0v) is 17.9. The number of nitrogens with one attached hydrogen (secondary N) is 4. The fourth-order valence-electron chi connectivity index (χ4n) is 2.97. The van der Waals surface area contributed by atoms with Crippen LogP contribution in [0.2, 0.25) is 0 Å². The van der Waals surface area contributed by atoms with E-state index in [0.717, 1.165) is 53.8 Å². The Bertz CT molecular complexity index is 854. The fourth-order valence-corrected chi connectivity index (χ4v) is 2.97. The minimum atomic E-state index is 0.684. The van der Waals surface area contributed by atoms with Crippen LogP contribution in [0.4, 0.5) is 11.4 Å². The summed E-state index contributed by atoms with van der Waals surface area (Å²) in [5, 5.41) is 10.1. The number of aliphatic imine (C=N–C) groups is 2. The maximum atomic E-state index is 4.68. The molecule has 0 fully saturated rings. The molecule has 0 saturated heterocycles. The third-order valence-electron chi connectivity index (χ3n) is 4.15. The molecule has 0 aromatic heterocycles. The first-order chi connectivity index (χ1) is 14.2. The van der Waals surface area contributed by atoms with Crippen LogP contribution in [0.15, 0.2) is 58.5 Å². The highest BCUT2D eigenvalue weighted by Gasteiger charge is 2.14. The van der Waals surface area contributed by atoms with Crippen molar-refractivity contribution in [3.63, 3.8) is 0 Å². The monoisotopic (exact) mass is 393 g/mol. The van der Waals surface area contributed by atoms with Crippen LogP contribution in [0.1, 0.15) is 38.8 Å². The summed E-state index contributed by atoms with van der Waals surface area (Å²) in [6.45, 7) is 11.4. The van der Waals surface area contributed by atoms with E-state index < -0.39 is 0 Å². The average Bonchev–Trinajstić information content (AvgIpc) is 2.74. The van der Waals surface area contributed by atoms with Crippen LogP contribution in [0, 0.1) is 0 Å². The van der Waals surface area contributed by atoms with Crippen LogP contribution in [0.3, 0.4) is 0 Å². The number of rotatable bonds is 9. The number of para-hydroxylation sites is 2. The van der Waals surface area contributed by atoms with Gasteiger partial charge in [-0.25, -0.2) is 0 Å². The average molecular weight is 394 g/mol. The Morgan fingerprint density at radius 2 is 1.45 bits per heavy atom. The number of benzene rings is 2. The smallest absolute Gasteiger partial charge is 0.327 e. The predicted molar refractivity (Wildman–Crippen MR) is 126 cm³/mol. The molecule has 2 rings (SSSR count). The van der Waals surface area contributed by atoms with E-state index in [2.05, 4.69) is 76.0 Å². The SMILES string of the molecule is CCN=C(NC=NC(=[NH+]CC)c1ccccc1NCC)c1ccccc1NCC. The number of amidine groups is 2. The van der Waals surface area contributed by atoms with Crippen molar-refractivity contribution in [2.45, 2.75) is 27.7 Å². The van der Waals surface area contributed by atoms with Crippen LogP contribution in [-0.2, 0) is 0 Å². The molecule has 0 aliphatic heterocycles. The standard InChI is InChI=1S/C23H32N6/c1-5-24-20-15-11-9-13-18(20)22(26-7-3)28-17-29-23(27-8-4)19-14-10-12-16-21(19)25-6-2/h9-17,24-25H,5-8H2,1-4H3,(H,26,27,28,29)/p+1.